The molecule has 1 aliphatic rings. The molecule has 5 rings (SSSR count). The van der Waals surface area contributed by atoms with Crippen LogP contribution in [0.5, 0.6) is 0 Å². The van der Waals surface area contributed by atoms with Crippen LogP contribution in [0.1, 0.15) is 58.4 Å². The van der Waals surface area contributed by atoms with E-state index in [4.69, 9.17) is 9.72 Å². The number of benzene rings is 1. The van der Waals surface area contributed by atoms with Crippen molar-refractivity contribution in [1.82, 2.24) is 29.2 Å². The highest BCUT2D eigenvalue weighted by molar-refractivity contribution is 6.02. The lowest BCUT2D eigenvalue weighted by atomic mass is 10.0. The first-order chi connectivity index (χ1) is 17.3. The van der Waals surface area contributed by atoms with Crippen LogP contribution in [-0.4, -0.2) is 55.5 Å². The second-order valence-electron chi connectivity index (χ2n) is 10.5. The molecule has 1 unspecified atom stereocenters. The van der Waals surface area contributed by atoms with Gasteiger partial charge in [0.25, 0.3) is 0 Å². The summed E-state index contributed by atoms with van der Waals surface area (Å²) in [7, 11) is 1.74. The Balaban J connectivity index is 1.45. The normalized spacial score (nSPS) is 15.6. The van der Waals surface area contributed by atoms with Gasteiger partial charge in [0, 0.05) is 36.8 Å². The lowest BCUT2D eigenvalue weighted by molar-refractivity contribution is 0.00891. The third kappa shape index (κ3) is 4.55. The fourth-order valence-corrected chi connectivity index (χ4v) is 5.23. The van der Waals surface area contributed by atoms with E-state index in [0.29, 0.717) is 11.6 Å². The van der Waals surface area contributed by atoms with Gasteiger partial charge in [-0.25, -0.2) is 4.79 Å². The minimum atomic E-state index is -0.0809. The van der Waals surface area contributed by atoms with E-state index in [1.807, 2.05) is 32.2 Å². The quantitative estimate of drug-likeness (QED) is 0.357. The predicted octanol–water partition coefficient (Wildman–Crippen LogP) is 4.74. The van der Waals surface area contributed by atoms with E-state index >= 15 is 0 Å². The van der Waals surface area contributed by atoms with Crippen LogP contribution in [0.25, 0.3) is 33.2 Å². The second-order valence-corrected chi connectivity index (χ2v) is 10.5. The Kier molecular flexibility index (Phi) is 6.90. The number of aryl methyl sites for hydroxylation is 1. The van der Waals surface area contributed by atoms with Gasteiger partial charge in [-0.15, -0.1) is 10.2 Å². The smallest absolute Gasteiger partial charge is 0.330 e. The summed E-state index contributed by atoms with van der Waals surface area (Å²) in [5, 5.41) is 9.62. The van der Waals surface area contributed by atoms with Gasteiger partial charge >= 0.3 is 5.69 Å². The van der Waals surface area contributed by atoms with Gasteiger partial charge < -0.3 is 9.64 Å². The highest BCUT2D eigenvalue weighted by Crippen LogP contribution is 2.30. The molecule has 1 fully saturated rings. The fourth-order valence-electron chi connectivity index (χ4n) is 5.23. The number of pyridine rings is 1. The maximum atomic E-state index is 12.9. The van der Waals surface area contributed by atoms with Crippen LogP contribution >= 0.6 is 0 Å². The minimum Gasteiger partial charge on any atom is -0.370 e. The summed E-state index contributed by atoms with van der Waals surface area (Å²) < 4.78 is 9.66. The van der Waals surface area contributed by atoms with E-state index < -0.39 is 0 Å². The molecule has 1 aliphatic heterocycles. The monoisotopic (exact) mass is 488 g/mol. The molecule has 4 aromatic rings. The number of aromatic nitrogens is 5. The Bertz CT molecular complexity index is 1410. The highest BCUT2D eigenvalue weighted by atomic mass is 16.5. The largest absolute Gasteiger partial charge is 0.370 e. The third-order valence-electron chi connectivity index (χ3n) is 7.20. The first-order valence-corrected chi connectivity index (χ1v) is 13.0. The molecule has 1 aromatic carbocycles. The van der Waals surface area contributed by atoms with Gasteiger partial charge in [0.1, 0.15) is 11.6 Å². The van der Waals surface area contributed by atoms with Gasteiger partial charge in [-0.05, 0) is 69.5 Å². The Morgan fingerprint density at radius 3 is 2.42 bits per heavy atom. The van der Waals surface area contributed by atoms with Crippen molar-refractivity contribution in [2.45, 2.75) is 52.7 Å². The molecule has 0 saturated carbocycles. The van der Waals surface area contributed by atoms with Crippen LogP contribution in [0.2, 0.25) is 0 Å². The molecule has 4 heterocycles. The number of nitrogens with zero attached hydrogens (tertiary/aromatic N) is 6. The minimum absolute atomic E-state index is 0.0108. The van der Waals surface area contributed by atoms with Crippen LogP contribution in [0, 0.1) is 5.92 Å². The summed E-state index contributed by atoms with van der Waals surface area (Å²) in [6, 6.07) is 10.3. The summed E-state index contributed by atoms with van der Waals surface area (Å²) in [5.41, 5.74) is 5.10. The van der Waals surface area contributed by atoms with Crippen LogP contribution in [0.15, 0.2) is 41.3 Å². The highest BCUT2D eigenvalue weighted by Gasteiger charge is 2.21. The zero-order chi connectivity index (χ0) is 25.4. The van der Waals surface area contributed by atoms with E-state index in [0.717, 1.165) is 46.4 Å². The summed E-state index contributed by atoms with van der Waals surface area (Å²) >= 11 is 0. The molecule has 0 radical (unpaired) electrons. The molecule has 8 nitrogen and oxygen atoms in total. The standard InChI is InChI=1S/C28H36N6O2/c1-18(2)26(36-15-14-33-12-6-7-13-33)24-11-9-21(17-29-24)20-8-10-23-22(16-20)25-27(31-30-23)32(5)28(35)34(25)19(3)4/h8-11,16-19,26H,6-7,12-15H2,1-5H3. The number of hydrogen-bond acceptors (Lipinski definition) is 6. The molecule has 0 N–H and O–H groups in total. The SMILES string of the molecule is CC(C)C(OCCN1CCCC1)c1ccc(-c2ccc3nnc4c(c3c2)n(C(C)C)c(=O)n4C)cn1. The molecule has 0 aliphatic carbocycles. The van der Waals surface area contributed by atoms with E-state index in [9.17, 15) is 4.79 Å². The van der Waals surface area contributed by atoms with E-state index in [1.54, 1.807) is 16.2 Å². The molecule has 8 heteroatoms. The van der Waals surface area contributed by atoms with Crippen LogP contribution in [-0.2, 0) is 11.8 Å². The van der Waals surface area contributed by atoms with E-state index in [1.165, 1.54) is 25.9 Å². The van der Waals surface area contributed by atoms with Gasteiger partial charge in [-0.1, -0.05) is 26.0 Å². The van der Waals surface area contributed by atoms with E-state index in [-0.39, 0.29) is 17.8 Å². The van der Waals surface area contributed by atoms with Crippen molar-refractivity contribution in [2.75, 3.05) is 26.2 Å². The molecule has 36 heavy (non-hydrogen) atoms. The van der Waals surface area contributed by atoms with E-state index in [2.05, 4.69) is 47.1 Å². The molecule has 3 aromatic heterocycles. The average Bonchev–Trinajstić information content (AvgIpc) is 3.48. The molecule has 0 bridgehead atoms. The summed E-state index contributed by atoms with van der Waals surface area (Å²) in [6.45, 7) is 12.5. The van der Waals surface area contributed by atoms with Gasteiger partial charge in [0.2, 0.25) is 0 Å². The number of hydrogen-bond donors (Lipinski definition) is 0. The number of fused-ring (bicyclic) bond motifs is 3. The first-order valence-electron chi connectivity index (χ1n) is 13.0. The van der Waals surface area contributed by atoms with Crippen molar-refractivity contribution >= 4 is 22.1 Å². The third-order valence-corrected chi connectivity index (χ3v) is 7.20. The zero-order valence-electron chi connectivity index (χ0n) is 21.9. The predicted molar refractivity (Wildman–Crippen MR) is 143 cm³/mol. The van der Waals surface area contributed by atoms with Gasteiger partial charge in [-0.3, -0.25) is 14.1 Å². The Hall–Kier alpha value is -3.10. The number of rotatable bonds is 8. The second kappa shape index (κ2) is 10.1. The number of imidazole rings is 1. The maximum Gasteiger partial charge on any atom is 0.330 e. The fraction of sp³-hybridized carbons (Fsp3) is 0.500. The van der Waals surface area contributed by atoms with Gasteiger partial charge in [-0.2, -0.15) is 0 Å². The molecular weight excluding hydrogens is 452 g/mol. The molecule has 190 valence electrons. The zero-order valence-corrected chi connectivity index (χ0v) is 21.9. The lowest BCUT2D eigenvalue weighted by Gasteiger charge is -2.23. The van der Waals surface area contributed by atoms with Gasteiger partial charge in [0.15, 0.2) is 5.65 Å². The van der Waals surface area contributed by atoms with Crippen LogP contribution < -0.4 is 5.69 Å². The van der Waals surface area contributed by atoms with Gasteiger partial charge in [0.05, 0.1) is 17.8 Å². The summed E-state index contributed by atoms with van der Waals surface area (Å²) in [4.78, 5) is 20.1. The summed E-state index contributed by atoms with van der Waals surface area (Å²) in [5.74, 6) is 0.334. The van der Waals surface area contributed by atoms with Crippen LogP contribution in [0.4, 0.5) is 0 Å². The Morgan fingerprint density at radius 2 is 1.75 bits per heavy atom. The number of ether oxygens (including phenoxy) is 1. The van der Waals surface area contributed by atoms with Crippen molar-refractivity contribution in [3.8, 4) is 11.1 Å². The molecular formula is C28H36N6O2. The maximum absolute atomic E-state index is 12.9. The topological polar surface area (TPSA) is 78.1 Å². The molecule has 0 spiro atoms. The van der Waals surface area contributed by atoms with Crippen molar-refractivity contribution in [3.05, 3.63) is 52.7 Å². The Morgan fingerprint density at radius 1 is 1.00 bits per heavy atom. The lowest BCUT2D eigenvalue weighted by Crippen LogP contribution is -2.25. The van der Waals surface area contributed by atoms with Crippen molar-refractivity contribution in [3.63, 3.8) is 0 Å². The van der Waals surface area contributed by atoms with Crippen LogP contribution in [0.3, 0.4) is 0 Å². The molecule has 1 atom stereocenters. The molecule has 0 amide bonds. The average molecular weight is 489 g/mol. The Labute approximate surface area is 211 Å². The van der Waals surface area contributed by atoms with Crippen molar-refractivity contribution < 1.29 is 4.74 Å². The number of likely N-dealkylation sites (tertiary alicyclic amines) is 1. The van der Waals surface area contributed by atoms with Crippen molar-refractivity contribution in [2.24, 2.45) is 13.0 Å². The first kappa shape index (κ1) is 24.6. The summed E-state index contributed by atoms with van der Waals surface area (Å²) in [6.07, 6.45) is 4.48. The van der Waals surface area contributed by atoms with Crippen molar-refractivity contribution in [1.29, 1.82) is 0 Å². The molecule has 1 saturated heterocycles.